The lowest BCUT2D eigenvalue weighted by Crippen LogP contribution is -2.29. The largest absolute Gasteiger partial charge is 0.443 e. The highest BCUT2D eigenvalue weighted by atomic mass is 16.3. The van der Waals surface area contributed by atoms with Gasteiger partial charge in [0.25, 0.3) is 0 Å². The number of amides is 1. The van der Waals surface area contributed by atoms with Crippen LogP contribution in [0.15, 0.2) is 41.4 Å². The molecule has 5 heterocycles. The maximum absolute atomic E-state index is 13.2. The lowest BCUT2D eigenvalue weighted by Gasteiger charge is -2.16. The average molecular weight is 486 g/mol. The van der Waals surface area contributed by atoms with E-state index in [2.05, 4.69) is 15.0 Å². The number of oxazole rings is 1. The number of nitrogen functional groups attached to an aromatic ring is 1. The fourth-order valence-corrected chi connectivity index (χ4v) is 4.90. The number of likely N-dealkylation sites (tertiary alicyclic amines) is 1. The van der Waals surface area contributed by atoms with E-state index in [-0.39, 0.29) is 35.0 Å². The third-order valence-electron chi connectivity index (χ3n) is 7.09. The second-order valence-electron chi connectivity index (χ2n) is 9.71. The molecule has 2 N–H and O–H groups in total. The van der Waals surface area contributed by atoms with Gasteiger partial charge in [0.05, 0.1) is 6.20 Å². The van der Waals surface area contributed by atoms with Gasteiger partial charge in [0.15, 0.2) is 17.3 Å². The summed E-state index contributed by atoms with van der Waals surface area (Å²) in [4.78, 5) is 45.4. The summed E-state index contributed by atoms with van der Waals surface area (Å²) in [5, 5.41) is 0. The summed E-state index contributed by atoms with van der Waals surface area (Å²) in [5.41, 5.74) is 9.72. The molecule has 1 aliphatic carbocycles. The van der Waals surface area contributed by atoms with Crippen molar-refractivity contribution in [1.82, 2.24) is 29.2 Å². The Morgan fingerprint density at radius 2 is 2.00 bits per heavy atom. The minimum absolute atomic E-state index is 0.0498. The summed E-state index contributed by atoms with van der Waals surface area (Å²) in [6.45, 7) is 3.47. The Balaban J connectivity index is 1.27. The Morgan fingerprint density at radius 3 is 2.78 bits per heavy atom. The van der Waals surface area contributed by atoms with E-state index in [1.165, 1.54) is 12.5 Å². The normalized spacial score (nSPS) is 17.7. The van der Waals surface area contributed by atoms with Gasteiger partial charge in [-0.25, -0.2) is 19.9 Å². The van der Waals surface area contributed by atoms with Gasteiger partial charge in [-0.15, -0.1) is 0 Å². The van der Waals surface area contributed by atoms with Gasteiger partial charge < -0.3 is 19.5 Å². The van der Waals surface area contributed by atoms with Gasteiger partial charge in [0, 0.05) is 49.1 Å². The summed E-state index contributed by atoms with van der Waals surface area (Å²) in [6, 6.07) is 3.77. The molecule has 0 unspecified atom stereocenters. The standard InChI is InChI=1S/C26H27N7O3/c1-15-12-29-20-7-5-18(14-33(15)20)21-23(25-28-9-11-36-25)31-24(27)22(30-21)19(34)6-2-16-8-10-32(13-16)26(35)17-3-4-17/h5,7,9,11-12,14,16-17H,2-4,6,8,10,13H2,1H3,(H2,27,31)/t16-/m0/s1. The number of anilines is 1. The summed E-state index contributed by atoms with van der Waals surface area (Å²) in [5.74, 6) is 0.976. The fraction of sp³-hybridized carbons (Fsp3) is 0.385. The van der Waals surface area contributed by atoms with E-state index in [1.54, 1.807) is 6.20 Å². The van der Waals surface area contributed by atoms with Crippen molar-refractivity contribution in [2.24, 2.45) is 11.8 Å². The first-order valence-corrected chi connectivity index (χ1v) is 12.3. The summed E-state index contributed by atoms with van der Waals surface area (Å²) >= 11 is 0. The number of rotatable bonds is 7. The molecule has 10 heteroatoms. The highest BCUT2D eigenvalue weighted by molar-refractivity contribution is 5.99. The number of aryl methyl sites for hydroxylation is 1. The van der Waals surface area contributed by atoms with E-state index < -0.39 is 0 Å². The molecule has 2 fully saturated rings. The van der Waals surface area contributed by atoms with Crippen molar-refractivity contribution in [2.75, 3.05) is 18.8 Å². The predicted molar refractivity (Wildman–Crippen MR) is 132 cm³/mol. The molecule has 0 radical (unpaired) electrons. The molecule has 10 nitrogen and oxygen atoms in total. The minimum Gasteiger partial charge on any atom is -0.443 e. The number of imidazole rings is 1. The molecule has 1 aliphatic heterocycles. The average Bonchev–Trinajstić information content (AvgIpc) is 3.24. The van der Waals surface area contributed by atoms with Crippen molar-refractivity contribution in [1.29, 1.82) is 0 Å². The van der Waals surface area contributed by atoms with Crippen molar-refractivity contribution in [2.45, 2.75) is 39.0 Å². The number of hydrogen-bond donors (Lipinski definition) is 1. The topological polar surface area (TPSA) is 133 Å². The molecule has 184 valence electrons. The maximum Gasteiger partial charge on any atom is 0.247 e. The minimum atomic E-state index is -0.160. The Labute approximate surface area is 207 Å². The van der Waals surface area contributed by atoms with Crippen LogP contribution in [0.2, 0.25) is 0 Å². The number of fused-ring (bicyclic) bond motifs is 1. The second-order valence-corrected chi connectivity index (χ2v) is 9.71. The van der Waals surface area contributed by atoms with Gasteiger partial charge in [-0.1, -0.05) is 0 Å². The number of ketones is 1. The van der Waals surface area contributed by atoms with Gasteiger partial charge in [0.1, 0.15) is 23.3 Å². The van der Waals surface area contributed by atoms with Crippen LogP contribution < -0.4 is 5.73 Å². The number of nitrogens with two attached hydrogens (primary N) is 1. The van der Waals surface area contributed by atoms with Crippen LogP contribution in [0.25, 0.3) is 28.5 Å². The maximum atomic E-state index is 13.2. The number of carbonyl (C=O) groups excluding carboxylic acids is 2. The zero-order valence-electron chi connectivity index (χ0n) is 20.1. The first-order valence-electron chi connectivity index (χ1n) is 12.3. The smallest absolute Gasteiger partial charge is 0.247 e. The molecule has 4 aromatic rings. The number of carbonyl (C=O) groups is 2. The van der Waals surface area contributed by atoms with Crippen LogP contribution in [0.5, 0.6) is 0 Å². The van der Waals surface area contributed by atoms with Crippen LogP contribution in [-0.2, 0) is 4.79 Å². The third-order valence-corrected chi connectivity index (χ3v) is 7.09. The molecule has 1 saturated carbocycles. The molecular formula is C26H27N7O3. The first kappa shape index (κ1) is 22.4. The molecule has 2 aliphatic rings. The summed E-state index contributed by atoms with van der Waals surface area (Å²) < 4.78 is 7.44. The highest BCUT2D eigenvalue weighted by Crippen LogP contribution is 2.34. The van der Waals surface area contributed by atoms with Gasteiger partial charge in [-0.3, -0.25) is 9.59 Å². The Hall–Kier alpha value is -4.08. The van der Waals surface area contributed by atoms with Crippen LogP contribution in [0, 0.1) is 18.8 Å². The molecule has 4 aromatic heterocycles. The SMILES string of the molecule is Cc1cnc2ccc(-c3nc(C(=O)CC[C@H]4CCN(C(=O)C5CC5)C4)c(N)nc3-c3ncco3)cn12. The molecule has 0 aromatic carbocycles. The molecule has 1 saturated heterocycles. The fourth-order valence-electron chi connectivity index (χ4n) is 4.90. The van der Waals surface area contributed by atoms with E-state index >= 15 is 0 Å². The molecule has 6 rings (SSSR count). The Morgan fingerprint density at radius 1 is 1.14 bits per heavy atom. The number of hydrogen-bond acceptors (Lipinski definition) is 8. The van der Waals surface area contributed by atoms with Crippen LogP contribution >= 0.6 is 0 Å². The first-order chi connectivity index (χ1) is 17.5. The van der Waals surface area contributed by atoms with E-state index in [0.29, 0.717) is 30.1 Å². The van der Waals surface area contributed by atoms with Gasteiger partial charge >= 0.3 is 0 Å². The number of Topliss-reactive ketones (excluding diaryl/α,β-unsaturated/α-hetero) is 1. The van der Waals surface area contributed by atoms with Crippen molar-refractivity contribution >= 4 is 23.2 Å². The van der Waals surface area contributed by atoms with Crippen LogP contribution in [0.1, 0.15) is 48.3 Å². The van der Waals surface area contributed by atoms with E-state index in [0.717, 1.165) is 49.3 Å². The Bertz CT molecular complexity index is 1460. The molecule has 0 spiro atoms. The molecule has 0 bridgehead atoms. The lowest BCUT2D eigenvalue weighted by atomic mass is 9.99. The van der Waals surface area contributed by atoms with Crippen molar-refractivity contribution < 1.29 is 14.0 Å². The molecule has 1 amide bonds. The monoisotopic (exact) mass is 485 g/mol. The van der Waals surface area contributed by atoms with Gasteiger partial charge in [-0.2, -0.15) is 0 Å². The Kier molecular flexibility index (Phi) is 5.50. The van der Waals surface area contributed by atoms with Crippen molar-refractivity contribution in [3.8, 4) is 22.8 Å². The third kappa shape index (κ3) is 4.12. The molecule has 1 atom stereocenters. The summed E-state index contributed by atoms with van der Waals surface area (Å²) in [7, 11) is 0. The van der Waals surface area contributed by atoms with Crippen LogP contribution in [0.3, 0.4) is 0 Å². The van der Waals surface area contributed by atoms with Crippen LogP contribution in [0.4, 0.5) is 5.82 Å². The van der Waals surface area contributed by atoms with E-state index in [1.807, 2.05) is 34.6 Å². The number of aromatic nitrogens is 5. The molecule has 36 heavy (non-hydrogen) atoms. The zero-order valence-corrected chi connectivity index (χ0v) is 20.1. The quantitative estimate of drug-likeness (QED) is 0.393. The van der Waals surface area contributed by atoms with Gasteiger partial charge in [0.2, 0.25) is 11.8 Å². The predicted octanol–water partition coefficient (Wildman–Crippen LogP) is 3.56. The molecular weight excluding hydrogens is 458 g/mol. The van der Waals surface area contributed by atoms with Crippen molar-refractivity contribution in [3.63, 3.8) is 0 Å². The van der Waals surface area contributed by atoms with E-state index in [9.17, 15) is 9.59 Å². The lowest BCUT2D eigenvalue weighted by molar-refractivity contribution is -0.131. The number of pyridine rings is 1. The van der Waals surface area contributed by atoms with Crippen molar-refractivity contribution in [3.05, 3.63) is 48.4 Å². The van der Waals surface area contributed by atoms with Gasteiger partial charge in [-0.05, 0) is 50.7 Å². The highest BCUT2D eigenvalue weighted by Gasteiger charge is 2.36. The summed E-state index contributed by atoms with van der Waals surface area (Å²) in [6.07, 6.45) is 10.6. The number of nitrogens with zero attached hydrogens (tertiary/aromatic N) is 6. The van der Waals surface area contributed by atoms with E-state index in [4.69, 9.17) is 15.1 Å². The second kappa shape index (κ2) is 8.85. The zero-order chi connectivity index (χ0) is 24.8. The van der Waals surface area contributed by atoms with Crippen LogP contribution in [-0.4, -0.2) is 54.0 Å².